The Morgan fingerprint density at radius 3 is 2.81 bits per heavy atom. The van der Waals surface area contributed by atoms with Crippen molar-refractivity contribution in [2.75, 3.05) is 31.6 Å². The molecule has 2 aromatic rings. The van der Waals surface area contributed by atoms with Gasteiger partial charge in [0.15, 0.2) is 0 Å². The molecule has 2 atom stereocenters. The quantitative estimate of drug-likeness (QED) is 0.814. The fourth-order valence-corrected chi connectivity index (χ4v) is 4.27. The van der Waals surface area contributed by atoms with Crippen molar-refractivity contribution in [3.05, 3.63) is 48.2 Å². The first-order valence-corrected chi connectivity index (χ1v) is 9.70. The first-order valence-electron chi connectivity index (χ1n) is 9.70. The largest absolute Gasteiger partial charge is 0.481 e. The standard InChI is InChI=1S/C21H26N4O2/c1-27-19-9-12-22-21(23-19)24-13-10-17-11-14-25(18(17)15-24)20(26)8-7-16-5-3-2-4-6-16/h2-6,9,12,17-18H,7-8,10-11,13-15H2,1H3. The molecule has 142 valence electrons. The molecule has 2 aliphatic heterocycles. The highest BCUT2D eigenvalue weighted by Crippen LogP contribution is 2.33. The third-order valence-electron chi connectivity index (χ3n) is 5.76. The average Bonchev–Trinajstić information content (AvgIpc) is 3.16. The number of aryl methyl sites for hydroxylation is 1. The number of ether oxygens (including phenoxy) is 1. The molecule has 6 nitrogen and oxygen atoms in total. The van der Waals surface area contributed by atoms with Gasteiger partial charge in [-0.15, -0.1) is 0 Å². The molecule has 1 aromatic heterocycles. The molecule has 2 saturated heterocycles. The number of piperidine rings is 1. The van der Waals surface area contributed by atoms with Crippen molar-refractivity contribution >= 4 is 11.9 Å². The van der Waals surface area contributed by atoms with Crippen LogP contribution in [0.15, 0.2) is 42.6 Å². The third-order valence-corrected chi connectivity index (χ3v) is 5.76. The van der Waals surface area contributed by atoms with E-state index in [2.05, 4.69) is 31.9 Å². The highest BCUT2D eigenvalue weighted by atomic mass is 16.5. The van der Waals surface area contributed by atoms with E-state index in [4.69, 9.17) is 4.74 Å². The zero-order chi connectivity index (χ0) is 18.6. The Hall–Kier alpha value is -2.63. The van der Waals surface area contributed by atoms with Crippen molar-refractivity contribution in [3.63, 3.8) is 0 Å². The molecule has 6 heteroatoms. The number of likely N-dealkylation sites (tertiary alicyclic amines) is 1. The van der Waals surface area contributed by atoms with Gasteiger partial charge < -0.3 is 14.5 Å². The molecule has 3 heterocycles. The number of carbonyl (C=O) groups is 1. The molecule has 0 radical (unpaired) electrons. The summed E-state index contributed by atoms with van der Waals surface area (Å²) in [6, 6.07) is 12.2. The summed E-state index contributed by atoms with van der Waals surface area (Å²) in [5, 5.41) is 0. The van der Waals surface area contributed by atoms with Gasteiger partial charge >= 0.3 is 0 Å². The van der Waals surface area contributed by atoms with Gasteiger partial charge in [-0.1, -0.05) is 30.3 Å². The van der Waals surface area contributed by atoms with Crippen molar-refractivity contribution < 1.29 is 9.53 Å². The van der Waals surface area contributed by atoms with Crippen LogP contribution in [0.5, 0.6) is 5.88 Å². The van der Waals surface area contributed by atoms with Gasteiger partial charge in [-0.25, -0.2) is 4.98 Å². The Labute approximate surface area is 160 Å². The maximum Gasteiger partial charge on any atom is 0.228 e. The summed E-state index contributed by atoms with van der Waals surface area (Å²) in [7, 11) is 1.61. The molecule has 0 aliphatic carbocycles. The highest BCUT2D eigenvalue weighted by Gasteiger charge is 2.40. The van der Waals surface area contributed by atoms with Gasteiger partial charge in [0.2, 0.25) is 17.7 Å². The summed E-state index contributed by atoms with van der Waals surface area (Å²) in [6.45, 7) is 2.60. The SMILES string of the molecule is COc1ccnc(N2CCC3CCN(C(=O)CCc4ccccc4)C3C2)n1. The summed E-state index contributed by atoms with van der Waals surface area (Å²) in [5.41, 5.74) is 1.22. The van der Waals surface area contributed by atoms with E-state index in [1.54, 1.807) is 19.4 Å². The molecule has 2 unspecified atom stereocenters. The van der Waals surface area contributed by atoms with E-state index in [-0.39, 0.29) is 11.9 Å². The molecule has 1 amide bonds. The Bertz CT molecular complexity index is 783. The highest BCUT2D eigenvalue weighted by molar-refractivity contribution is 5.77. The minimum absolute atomic E-state index is 0.261. The first-order chi connectivity index (χ1) is 13.2. The number of methoxy groups -OCH3 is 1. The topological polar surface area (TPSA) is 58.6 Å². The molecule has 1 aromatic carbocycles. The fourth-order valence-electron chi connectivity index (χ4n) is 4.27. The molecule has 27 heavy (non-hydrogen) atoms. The van der Waals surface area contributed by atoms with E-state index in [0.717, 1.165) is 38.9 Å². The van der Waals surface area contributed by atoms with Gasteiger partial charge in [-0.2, -0.15) is 4.98 Å². The van der Waals surface area contributed by atoms with E-state index in [0.29, 0.717) is 24.2 Å². The summed E-state index contributed by atoms with van der Waals surface area (Å²) in [5.74, 6) is 2.12. The van der Waals surface area contributed by atoms with E-state index in [1.165, 1.54) is 5.56 Å². The average molecular weight is 366 g/mol. The molecule has 2 aliphatic rings. The first kappa shape index (κ1) is 17.8. The Morgan fingerprint density at radius 1 is 1.19 bits per heavy atom. The zero-order valence-electron chi connectivity index (χ0n) is 15.8. The van der Waals surface area contributed by atoms with Gasteiger partial charge in [0.05, 0.1) is 13.2 Å². The Morgan fingerprint density at radius 2 is 2.00 bits per heavy atom. The molecule has 0 N–H and O–H groups in total. The lowest BCUT2D eigenvalue weighted by molar-refractivity contribution is -0.132. The van der Waals surface area contributed by atoms with Gasteiger partial charge in [-0.3, -0.25) is 4.79 Å². The lowest BCUT2D eigenvalue weighted by Gasteiger charge is -2.38. The normalized spacial score (nSPS) is 21.8. The van der Waals surface area contributed by atoms with Gasteiger partial charge in [-0.05, 0) is 30.7 Å². The van der Waals surface area contributed by atoms with Crippen molar-refractivity contribution in [2.24, 2.45) is 5.92 Å². The van der Waals surface area contributed by atoms with Crippen molar-refractivity contribution in [2.45, 2.75) is 31.7 Å². The van der Waals surface area contributed by atoms with Gasteiger partial charge in [0.25, 0.3) is 0 Å². The second kappa shape index (κ2) is 7.94. The summed E-state index contributed by atoms with van der Waals surface area (Å²) in [4.78, 5) is 26.0. The number of hydrogen-bond acceptors (Lipinski definition) is 5. The molecular formula is C21H26N4O2. The molecule has 0 saturated carbocycles. The zero-order valence-corrected chi connectivity index (χ0v) is 15.8. The number of fused-ring (bicyclic) bond motifs is 1. The van der Waals surface area contributed by atoms with Crippen molar-refractivity contribution in [3.8, 4) is 5.88 Å². The monoisotopic (exact) mass is 366 g/mol. The molecule has 0 spiro atoms. The minimum Gasteiger partial charge on any atom is -0.481 e. The predicted octanol–water partition coefficient (Wildman–Crippen LogP) is 2.55. The van der Waals surface area contributed by atoms with Crippen molar-refractivity contribution in [1.29, 1.82) is 0 Å². The lowest BCUT2D eigenvalue weighted by Crippen LogP contribution is -2.50. The number of nitrogens with zero attached hydrogens (tertiary/aromatic N) is 4. The van der Waals surface area contributed by atoms with Crippen LogP contribution in [-0.4, -0.2) is 53.6 Å². The maximum atomic E-state index is 12.9. The van der Waals surface area contributed by atoms with Crippen molar-refractivity contribution in [1.82, 2.24) is 14.9 Å². The van der Waals surface area contributed by atoms with Gasteiger partial charge in [0, 0.05) is 38.3 Å². The van der Waals surface area contributed by atoms with E-state index >= 15 is 0 Å². The fraction of sp³-hybridized carbons (Fsp3) is 0.476. The van der Waals surface area contributed by atoms with Crippen LogP contribution in [0.4, 0.5) is 5.95 Å². The molecule has 4 rings (SSSR count). The van der Waals surface area contributed by atoms with Crippen LogP contribution in [0.3, 0.4) is 0 Å². The van der Waals surface area contributed by atoms with Crippen LogP contribution in [0.1, 0.15) is 24.8 Å². The summed E-state index contributed by atoms with van der Waals surface area (Å²) in [6.07, 6.45) is 5.28. The molecular weight excluding hydrogens is 340 g/mol. The van der Waals surface area contributed by atoms with E-state index < -0.39 is 0 Å². The van der Waals surface area contributed by atoms with E-state index in [1.807, 2.05) is 18.2 Å². The smallest absolute Gasteiger partial charge is 0.228 e. The van der Waals surface area contributed by atoms with Crippen LogP contribution in [0.2, 0.25) is 0 Å². The number of rotatable bonds is 5. The number of aromatic nitrogens is 2. The Balaban J connectivity index is 1.41. The predicted molar refractivity (Wildman–Crippen MR) is 104 cm³/mol. The van der Waals surface area contributed by atoms with Crippen LogP contribution in [0.25, 0.3) is 0 Å². The number of hydrogen-bond donors (Lipinski definition) is 0. The second-order valence-electron chi connectivity index (χ2n) is 7.32. The van der Waals surface area contributed by atoms with Crippen LogP contribution < -0.4 is 9.64 Å². The van der Waals surface area contributed by atoms with Gasteiger partial charge in [0.1, 0.15) is 0 Å². The number of anilines is 1. The number of carbonyl (C=O) groups excluding carboxylic acids is 1. The van der Waals surface area contributed by atoms with Crippen LogP contribution in [0, 0.1) is 5.92 Å². The second-order valence-corrected chi connectivity index (χ2v) is 7.32. The number of amides is 1. The maximum absolute atomic E-state index is 12.9. The third kappa shape index (κ3) is 3.89. The summed E-state index contributed by atoms with van der Waals surface area (Å²) >= 11 is 0. The Kier molecular flexibility index (Phi) is 5.23. The van der Waals surface area contributed by atoms with Crippen LogP contribution in [-0.2, 0) is 11.2 Å². The number of benzene rings is 1. The lowest BCUT2D eigenvalue weighted by atomic mass is 9.92. The van der Waals surface area contributed by atoms with E-state index in [9.17, 15) is 4.79 Å². The van der Waals surface area contributed by atoms with Crippen LogP contribution >= 0.6 is 0 Å². The molecule has 2 fully saturated rings. The minimum atomic E-state index is 0.261. The summed E-state index contributed by atoms with van der Waals surface area (Å²) < 4.78 is 5.22. The molecule has 0 bridgehead atoms.